The monoisotopic (exact) mass is 262 g/mol. The number of para-hydroxylation sites is 1. The van der Waals surface area contributed by atoms with E-state index in [9.17, 15) is 14.0 Å². The van der Waals surface area contributed by atoms with E-state index in [1.165, 1.54) is 35.0 Å². The molecule has 0 aliphatic carbocycles. The number of aliphatic carboxylic acids is 1. The number of hydrogen-bond acceptors (Lipinski definition) is 2. The van der Waals surface area contributed by atoms with Gasteiger partial charge in [-0.25, -0.2) is 4.39 Å². The Bertz CT molecular complexity index is 622. The second kappa shape index (κ2) is 5.34. The van der Waals surface area contributed by atoms with Gasteiger partial charge < -0.3 is 15.0 Å². The number of carboxylic acids is 1. The van der Waals surface area contributed by atoms with Gasteiger partial charge in [0.15, 0.2) is 0 Å². The number of nitrogens with zero attached hydrogens (tertiary/aromatic N) is 1. The van der Waals surface area contributed by atoms with Gasteiger partial charge >= 0.3 is 5.97 Å². The molecule has 0 aliphatic rings. The van der Waals surface area contributed by atoms with E-state index in [0.29, 0.717) is 0 Å². The van der Waals surface area contributed by atoms with Gasteiger partial charge in [-0.2, -0.15) is 0 Å². The summed E-state index contributed by atoms with van der Waals surface area (Å²) in [6.07, 6.45) is 1.48. The first-order valence-electron chi connectivity index (χ1n) is 5.51. The number of carbonyl (C=O) groups is 2. The van der Waals surface area contributed by atoms with E-state index in [4.69, 9.17) is 5.11 Å². The molecule has 0 saturated heterocycles. The molecule has 19 heavy (non-hydrogen) atoms. The zero-order chi connectivity index (χ0) is 13.8. The third-order valence-electron chi connectivity index (χ3n) is 2.49. The third-order valence-corrected chi connectivity index (χ3v) is 2.49. The number of rotatable bonds is 4. The summed E-state index contributed by atoms with van der Waals surface area (Å²) < 4.78 is 14.7. The molecule has 6 heteroatoms. The summed E-state index contributed by atoms with van der Waals surface area (Å²) in [7, 11) is 0. The quantitative estimate of drug-likeness (QED) is 0.884. The van der Waals surface area contributed by atoms with Crippen LogP contribution in [-0.2, 0) is 11.3 Å². The lowest BCUT2D eigenvalue weighted by molar-refractivity contribution is -0.137. The second-order valence-electron chi connectivity index (χ2n) is 3.85. The normalized spacial score (nSPS) is 10.2. The molecule has 1 aromatic heterocycles. The van der Waals surface area contributed by atoms with Gasteiger partial charge in [-0.05, 0) is 24.3 Å². The van der Waals surface area contributed by atoms with Crippen LogP contribution in [0.5, 0.6) is 0 Å². The first-order chi connectivity index (χ1) is 9.08. The number of aromatic nitrogens is 1. The second-order valence-corrected chi connectivity index (χ2v) is 3.85. The fourth-order valence-corrected chi connectivity index (χ4v) is 1.65. The van der Waals surface area contributed by atoms with Crippen molar-refractivity contribution >= 4 is 17.6 Å². The van der Waals surface area contributed by atoms with Crippen molar-refractivity contribution in [2.45, 2.75) is 6.54 Å². The summed E-state index contributed by atoms with van der Waals surface area (Å²) in [5.74, 6) is -2.17. The smallest absolute Gasteiger partial charge is 0.323 e. The highest BCUT2D eigenvalue weighted by molar-refractivity contribution is 6.03. The molecule has 0 fully saturated rings. The molecule has 0 unspecified atom stereocenters. The summed E-state index contributed by atoms with van der Waals surface area (Å²) in [6, 6.07) is 8.79. The van der Waals surface area contributed by atoms with Gasteiger partial charge in [0, 0.05) is 6.20 Å². The predicted octanol–water partition coefficient (Wildman–Crippen LogP) is 1.96. The minimum Gasteiger partial charge on any atom is -0.480 e. The van der Waals surface area contributed by atoms with Crippen molar-refractivity contribution in [2.75, 3.05) is 5.32 Å². The Morgan fingerprint density at radius 1 is 1.21 bits per heavy atom. The van der Waals surface area contributed by atoms with Gasteiger partial charge in [-0.3, -0.25) is 9.59 Å². The molecule has 5 nitrogen and oxygen atoms in total. The average Bonchev–Trinajstić information content (AvgIpc) is 2.79. The summed E-state index contributed by atoms with van der Waals surface area (Å²) in [5, 5.41) is 11.1. The van der Waals surface area contributed by atoms with E-state index in [1.54, 1.807) is 12.1 Å². The van der Waals surface area contributed by atoms with Crippen molar-refractivity contribution in [1.82, 2.24) is 4.57 Å². The van der Waals surface area contributed by atoms with Crippen LogP contribution in [0, 0.1) is 5.82 Å². The molecular weight excluding hydrogens is 251 g/mol. The molecule has 0 spiro atoms. The van der Waals surface area contributed by atoms with Crippen LogP contribution in [0.25, 0.3) is 0 Å². The van der Waals surface area contributed by atoms with Gasteiger partial charge in [-0.1, -0.05) is 12.1 Å². The molecule has 1 amide bonds. The van der Waals surface area contributed by atoms with E-state index in [1.807, 2.05) is 0 Å². The number of benzene rings is 1. The molecule has 2 aromatic rings. The van der Waals surface area contributed by atoms with Crippen LogP contribution < -0.4 is 5.32 Å². The number of anilines is 1. The Hall–Kier alpha value is -2.63. The minimum atomic E-state index is -1.06. The average molecular weight is 262 g/mol. The lowest BCUT2D eigenvalue weighted by atomic mass is 10.3. The fraction of sp³-hybridized carbons (Fsp3) is 0.0769. The molecule has 0 aliphatic heterocycles. The number of carboxylic acid groups (broad SMARTS) is 1. The van der Waals surface area contributed by atoms with Crippen molar-refractivity contribution < 1.29 is 19.1 Å². The van der Waals surface area contributed by atoms with Crippen molar-refractivity contribution in [3.63, 3.8) is 0 Å². The number of nitrogens with one attached hydrogen (secondary N) is 1. The minimum absolute atomic E-state index is 0.0515. The molecule has 1 aromatic carbocycles. The summed E-state index contributed by atoms with van der Waals surface area (Å²) in [6.45, 7) is -0.326. The maximum Gasteiger partial charge on any atom is 0.323 e. The lowest BCUT2D eigenvalue weighted by Gasteiger charge is -2.08. The molecule has 98 valence electrons. The number of hydrogen-bond donors (Lipinski definition) is 2. The highest BCUT2D eigenvalue weighted by atomic mass is 19.1. The van der Waals surface area contributed by atoms with E-state index in [2.05, 4.69) is 5.32 Å². The largest absolute Gasteiger partial charge is 0.480 e. The van der Waals surface area contributed by atoms with Crippen LogP contribution in [-0.4, -0.2) is 21.6 Å². The van der Waals surface area contributed by atoms with Crippen LogP contribution in [0.2, 0.25) is 0 Å². The van der Waals surface area contributed by atoms with Gasteiger partial charge in [-0.15, -0.1) is 0 Å². The summed E-state index contributed by atoms with van der Waals surface area (Å²) >= 11 is 0. The zero-order valence-electron chi connectivity index (χ0n) is 9.84. The van der Waals surface area contributed by atoms with Crippen LogP contribution >= 0.6 is 0 Å². The van der Waals surface area contributed by atoms with Crippen molar-refractivity contribution in [3.8, 4) is 0 Å². The molecule has 2 rings (SSSR count). The Balaban J connectivity index is 2.19. The Labute approximate surface area is 108 Å². The standard InChI is InChI=1S/C13H11FN2O3/c14-9-4-1-2-5-10(9)15-13(19)11-6-3-7-16(11)8-12(17)18/h1-7H,8H2,(H,15,19)(H,17,18). The number of amides is 1. The predicted molar refractivity (Wildman–Crippen MR) is 66.4 cm³/mol. The SMILES string of the molecule is O=C(O)Cn1cccc1C(=O)Nc1ccccc1F. The van der Waals surface area contributed by atoms with Crippen LogP contribution in [0.3, 0.4) is 0 Å². The van der Waals surface area contributed by atoms with Gasteiger partial charge in [0.2, 0.25) is 0 Å². The van der Waals surface area contributed by atoms with Crippen LogP contribution in [0.15, 0.2) is 42.6 Å². The van der Waals surface area contributed by atoms with Gasteiger partial charge in [0.25, 0.3) is 5.91 Å². The number of halogens is 1. The van der Waals surface area contributed by atoms with Gasteiger partial charge in [0.05, 0.1) is 5.69 Å². The van der Waals surface area contributed by atoms with Crippen molar-refractivity contribution in [3.05, 3.63) is 54.1 Å². The van der Waals surface area contributed by atoms with Crippen molar-refractivity contribution in [1.29, 1.82) is 0 Å². The first-order valence-corrected chi connectivity index (χ1v) is 5.51. The van der Waals surface area contributed by atoms with Crippen LogP contribution in [0.1, 0.15) is 10.5 Å². The fourth-order valence-electron chi connectivity index (χ4n) is 1.65. The zero-order valence-corrected chi connectivity index (χ0v) is 9.84. The molecule has 0 radical (unpaired) electrons. The summed E-state index contributed by atoms with van der Waals surface area (Å²) in [5.41, 5.74) is 0.209. The Morgan fingerprint density at radius 3 is 2.63 bits per heavy atom. The molecule has 0 saturated carbocycles. The maximum atomic E-state index is 13.4. The van der Waals surface area contributed by atoms with E-state index in [-0.39, 0.29) is 17.9 Å². The highest BCUT2D eigenvalue weighted by Crippen LogP contribution is 2.14. The van der Waals surface area contributed by atoms with E-state index < -0.39 is 17.7 Å². The van der Waals surface area contributed by atoms with E-state index in [0.717, 1.165) is 0 Å². The lowest BCUT2D eigenvalue weighted by Crippen LogP contribution is -2.19. The number of carbonyl (C=O) groups excluding carboxylic acids is 1. The first kappa shape index (κ1) is 12.8. The summed E-state index contributed by atoms with van der Waals surface area (Å²) in [4.78, 5) is 22.6. The topological polar surface area (TPSA) is 71.3 Å². The molecule has 0 atom stereocenters. The van der Waals surface area contributed by atoms with E-state index >= 15 is 0 Å². The maximum absolute atomic E-state index is 13.4. The van der Waals surface area contributed by atoms with Crippen molar-refractivity contribution in [2.24, 2.45) is 0 Å². The van der Waals surface area contributed by atoms with Crippen LogP contribution in [0.4, 0.5) is 10.1 Å². The van der Waals surface area contributed by atoms with Gasteiger partial charge in [0.1, 0.15) is 18.1 Å². The molecule has 2 N–H and O–H groups in total. The molecule has 1 heterocycles. The Kier molecular flexibility index (Phi) is 3.61. The molecular formula is C13H11FN2O3. The Morgan fingerprint density at radius 2 is 1.95 bits per heavy atom. The molecule has 0 bridgehead atoms. The third kappa shape index (κ3) is 2.98. The highest BCUT2D eigenvalue weighted by Gasteiger charge is 2.14.